The molecule has 0 aromatic heterocycles. The van der Waals surface area contributed by atoms with Crippen molar-refractivity contribution in [1.82, 2.24) is 0 Å². The quantitative estimate of drug-likeness (QED) is 0.566. The summed E-state index contributed by atoms with van der Waals surface area (Å²) in [5.41, 5.74) is 4.93. The van der Waals surface area contributed by atoms with Crippen molar-refractivity contribution in [3.05, 3.63) is 106 Å². The Morgan fingerprint density at radius 2 is 1.04 bits per heavy atom. The average molecular weight is 340 g/mol. The van der Waals surface area contributed by atoms with Crippen molar-refractivity contribution in [2.75, 3.05) is 0 Å². The van der Waals surface area contributed by atoms with E-state index in [-0.39, 0.29) is 23.4 Å². The van der Waals surface area contributed by atoms with E-state index in [9.17, 15) is 9.59 Å². The third-order valence-corrected chi connectivity index (χ3v) is 5.22. The molecule has 0 fully saturated rings. The maximum absolute atomic E-state index is 13.3. The first-order valence-electron chi connectivity index (χ1n) is 8.88. The zero-order chi connectivity index (χ0) is 18.3. The molecule has 2 aliphatic rings. The molecule has 0 heterocycles. The molecule has 2 aliphatic carbocycles. The van der Waals surface area contributed by atoms with Gasteiger partial charge in [0.05, 0.1) is 0 Å². The van der Waals surface area contributed by atoms with E-state index in [1.807, 2.05) is 60.7 Å². The molecule has 0 saturated carbocycles. The minimum Gasteiger partial charge on any atom is -0.289 e. The second-order valence-corrected chi connectivity index (χ2v) is 7.01. The molecule has 26 heavy (non-hydrogen) atoms. The van der Waals surface area contributed by atoms with Crippen LogP contribution in [0.4, 0.5) is 0 Å². The number of hydrogen-bond acceptors (Lipinski definition) is 2. The molecule has 0 radical (unpaired) electrons. The van der Waals surface area contributed by atoms with Crippen molar-refractivity contribution in [3.8, 4) is 0 Å². The minimum absolute atomic E-state index is 0.0412. The topological polar surface area (TPSA) is 34.1 Å². The van der Waals surface area contributed by atoms with Crippen molar-refractivity contribution >= 4 is 11.6 Å². The average Bonchev–Trinajstić information content (AvgIpc) is 3.24. The first-order valence-corrected chi connectivity index (χ1v) is 8.88. The van der Waals surface area contributed by atoms with Crippen LogP contribution in [0, 0.1) is 11.8 Å². The van der Waals surface area contributed by atoms with Crippen molar-refractivity contribution in [2.45, 2.75) is 13.8 Å². The van der Waals surface area contributed by atoms with E-state index in [0.29, 0.717) is 22.3 Å². The van der Waals surface area contributed by atoms with Gasteiger partial charge in [0, 0.05) is 34.1 Å². The van der Waals surface area contributed by atoms with Gasteiger partial charge in [-0.2, -0.15) is 0 Å². The molecule has 0 amide bonds. The standard InChI is InChI=1S/C24H20O2/c1-15(2)20-18-13-14-19(20)22(24(26)17-11-7-4-8-12-17)21(18)23(25)16-9-5-3-6-10-16/h3-14,18-19H,1-2H3/t18-,19+. The normalized spacial score (nSPS) is 20.6. The number of rotatable bonds is 4. The molecule has 2 aromatic carbocycles. The van der Waals surface area contributed by atoms with Crippen LogP contribution in [-0.4, -0.2) is 11.6 Å². The zero-order valence-corrected chi connectivity index (χ0v) is 14.9. The van der Waals surface area contributed by atoms with E-state index < -0.39 is 0 Å². The van der Waals surface area contributed by atoms with Gasteiger partial charge in [0.1, 0.15) is 0 Å². The molecule has 2 aromatic rings. The SMILES string of the molecule is CC(C)=C1[C@@H]2C=C[C@H]1C(C(=O)c1ccccc1)=C2C(=O)c1ccccc1. The van der Waals surface area contributed by atoms with Crippen LogP contribution in [0.5, 0.6) is 0 Å². The number of carbonyl (C=O) groups is 2. The second-order valence-electron chi connectivity index (χ2n) is 7.01. The summed E-state index contributed by atoms with van der Waals surface area (Å²) in [6, 6.07) is 18.5. The Hall–Kier alpha value is -3.00. The monoisotopic (exact) mass is 340 g/mol. The lowest BCUT2D eigenvalue weighted by Gasteiger charge is -2.14. The number of allylic oxidation sites excluding steroid dienone is 6. The maximum Gasteiger partial charge on any atom is 0.190 e. The summed E-state index contributed by atoms with van der Waals surface area (Å²) in [6.45, 7) is 4.12. The van der Waals surface area contributed by atoms with Gasteiger partial charge in [0.2, 0.25) is 0 Å². The first kappa shape index (κ1) is 16.5. The predicted molar refractivity (Wildman–Crippen MR) is 103 cm³/mol. The third-order valence-electron chi connectivity index (χ3n) is 5.22. The van der Waals surface area contributed by atoms with Gasteiger partial charge in [-0.1, -0.05) is 78.4 Å². The Kier molecular flexibility index (Phi) is 4.04. The fourth-order valence-electron chi connectivity index (χ4n) is 4.10. The molecular formula is C24H20O2. The van der Waals surface area contributed by atoms with Gasteiger partial charge in [-0.25, -0.2) is 0 Å². The van der Waals surface area contributed by atoms with Gasteiger partial charge in [0.25, 0.3) is 0 Å². The molecule has 2 nitrogen and oxygen atoms in total. The highest BCUT2D eigenvalue weighted by atomic mass is 16.1. The summed E-state index contributed by atoms with van der Waals surface area (Å²) in [6.07, 6.45) is 4.15. The highest BCUT2D eigenvalue weighted by molar-refractivity contribution is 6.20. The smallest absolute Gasteiger partial charge is 0.190 e. The van der Waals surface area contributed by atoms with Crippen LogP contribution in [0.3, 0.4) is 0 Å². The largest absolute Gasteiger partial charge is 0.289 e. The Balaban J connectivity index is 1.88. The van der Waals surface area contributed by atoms with E-state index in [0.717, 1.165) is 0 Å². The first-order chi connectivity index (χ1) is 12.6. The molecule has 2 atom stereocenters. The van der Waals surface area contributed by atoms with Crippen molar-refractivity contribution in [2.24, 2.45) is 11.8 Å². The van der Waals surface area contributed by atoms with E-state index >= 15 is 0 Å². The number of Topliss-reactive ketones (excluding diaryl/α,β-unsaturated/α-hetero) is 2. The predicted octanol–water partition coefficient (Wildman–Crippen LogP) is 5.20. The third kappa shape index (κ3) is 2.50. The zero-order valence-electron chi connectivity index (χ0n) is 14.9. The molecule has 0 spiro atoms. The van der Waals surface area contributed by atoms with Crippen LogP contribution < -0.4 is 0 Å². The van der Waals surface area contributed by atoms with E-state index in [1.165, 1.54) is 11.1 Å². The summed E-state index contributed by atoms with van der Waals surface area (Å²) in [4.78, 5) is 26.6. The van der Waals surface area contributed by atoms with Gasteiger partial charge in [0.15, 0.2) is 11.6 Å². The Labute approximate surface area is 153 Å². The summed E-state index contributed by atoms with van der Waals surface area (Å²) >= 11 is 0. The van der Waals surface area contributed by atoms with Crippen molar-refractivity contribution in [3.63, 3.8) is 0 Å². The molecule has 0 aliphatic heterocycles. The lowest BCUT2D eigenvalue weighted by molar-refractivity contribution is 0.0994. The maximum atomic E-state index is 13.3. The Morgan fingerprint density at radius 1 is 0.654 bits per heavy atom. The Bertz CT molecular complexity index is 898. The van der Waals surface area contributed by atoms with Crippen LogP contribution in [0.25, 0.3) is 0 Å². The lowest BCUT2D eigenvalue weighted by Crippen LogP contribution is -2.16. The van der Waals surface area contributed by atoms with Crippen LogP contribution >= 0.6 is 0 Å². The fraction of sp³-hybridized carbons (Fsp3) is 0.167. The lowest BCUT2D eigenvalue weighted by atomic mass is 9.87. The summed E-state index contributed by atoms with van der Waals surface area (Å²) in [5, 5.41) is 0. The molecule has 0 N–H and O–H groups in total. The van der Waals surface area contributed by atoms with Crippen molar-refractivity contribution < 1.29 is 9.59 Å². The highest BCUT2D eigenvalue weighted by Gasteiger charge is 2.45. The number of benzene rings is 2. The van der Waals surface area contributed by atoms with Crippen LogP contribution in [0.1, 0.15) is 34.6 Å². The molecular weight excluding hydrogens is 320 g/mol. The number of hydrogen-bond donors (Lipinski definition) is 0. The fourth-order valence-corrected chi connectivity index (χ4v) is 4.10. The summed E-state index contributed by atoms with van der Waals surface area (Å²) in [7, 11) is 0. The second kappa shape index (κ2) is 6.38. The van der Waals surface area contributed by atoms with E-state index in [1.54, 1.807) is 0 Å². The van der Waals surface area contributed by atoms with Crippen LogP contribution in [-0.2, 0) is 0 Å². The summed E-state index contributed by atoms with van der Waals surface area (Å²) in [5.74, 6) is -0.248. The molecule has 0 unspecified atom stereocenters. The van der Waals surface area contributed by atoms with E-state index in [2.05, 4.69) is 26.0 Å². The Morgan fingerprint density at radius 3 is 1.38 bits per heavy atom. The van der Waals surface area contributed by atoms with Crippen molar-refractivity contribution in [1.29, 1.82) is 0 Å². The minimum atomic E-state index is -0.0830. The molecule has 0 saturated heterocycles. The number of ketones is 2. The van der Waals surface area contributed by atoms with Gasteiger partial charge < -0.3 is 0 Å². The van der Waals surface area contributed by atoms with Gasteiger partial charge in [-0.3, -0.25) is 9.59 Å². The van der Waals surface area contributed by atoms with Gasteiger partial charge >= 0.3 is 0 Å². The van der Waals surface area contributed by atoms with Gasteiger partial charge in [-0.15, -0.1) is 0 Å². The molecule has 128 valence electrons. The highest BCUT2D eigenvalue weighted by Crippen LogP contribution is 2.51. The molecule has 2 bridgehead atoms. The number of fused-ring (bicyclic) bond motifs is 2. The van der Waals surface area contributed by atoms with Crippen LogP contribution in [0.2, 0.25) is 0 Å². The summed E-state index contributed by atoms with van der Waals surface area (Å²) < 4.78 is 0. The molecule has 4 rings (SSSR count). The number of carbonyl (C=O) groups excluding carboxylic acids is 2. The van der Waals surface area contributed by atoms with Crippen LogP contribution in [0.15, 0.2) is 95.1 Å². The van der Waals surface area contributed by atoms with Gasteiger partial charge in [-0.05, 0) is 19.4 Å². The van der Waals surface area contributed by atoms with E-state index in [4.69, 9.17) is 0 Å². The molecule has 2 heteroatoms.